The van der Waals surface area contributed by atoms with E-state index in [0.29, 0.717) is 0 Å². The first-order chi connectivity index (χ1) is 6.86. The fourth-order valence-corrected chi connectivity index (χ4v) is 1.89. The van der Waals surface area contributed by atoms with E-state index < -0.39 is 0 Å². The van der Waals surface area contributed by atoms with Crippen LogP contribution in [0.25, 0.3) is 0 Å². The predicted octanol–water partition coefficient (Wildman–Crippen LogP) is 2.37. The molecule has 0 saturated heterocycles. The third kappa shape index (κ3) is 2.26. The SMILES string of the molecule is O[C@H]1CCCC[C@H]1Oc1ccccc1. The quantitative estimate of drug-likeness (QED) is 0.779. The van der Waals surface area contributed by atoms with Gasteiger partial charge in [0.2, 0.25) is 0 Å². The maximum absolute atomic E-state index is 9.71. The lowest BCUT2D eigenvalue weighted by Crippen LogP contribution is -2.34. The van der Waals surface area contributed by atoms with Crippen LogP contribution < -0.4 is 4.74 Å². The van der Waals surface area contributed by atoms with Gasteiger partial charge >= 0.3 is 0 Å². The highest BCUT2D eigenvalue weighted by Gasteiger charge is 2.24. The van der Waals surface area contributed by atoms with Crippen molar-refractivity contribution in [2.24, 2.45) is 0 Å². The Morgan fingerprint density at radius 2 is 1.79 bits per heavy atom. The van der Waals surface area contributed by atoms with E-state index in [9.17, 15) is 5.11 Å². The zero-order valence-electron chi connectivity index (χ0n) is 8.23. The van der Waals surface area contributed by atoms with E-state index in [2.05, 4.69) is 0 Å². The standard InChI is InChI=1S/C12H16O2/c13-11-8-4-5-9-12(11)14-10-6-2-1-3-7-10/h1-3,6-7,11-13H,4-5,8-9H2/t11-,12+/m0/s1. The van der Waals surface area contributed by atoms with Gasteiger partial charge in [0, 0.05) is 0 Å². The molecule has 14 heavy (non-hydrogen) atoms. The van der Waals surface area contributed by atoms with Crippen LogP contribution in [0.4, 0.5) is 0 Å². The second kappa shape index (κ2) is 4.47. The molecule has 0 radical (unpaired) electrons. The van der Waals surface area contributed by atoms with E-state index in [1.165, 1.54) is 0 Å². The molecule has 1 aromatic carbocycles. The van der Waals surface area contributed by atoms with Crippen molar-refractivity contribution < 1.29 is 9.84 Å². The lowest BCUT2D eigenvalue weighted by Gasteiger charge is -2.28. The van der Waals surface area contributed by atoms with E-state index >= 15 is 0 Å². The molecular formula is C12H16O2. The first kappa shape index (κ1) is 9.53. The third-order valence-corrected chi connectivity index (χ3v) is 2.70. The van der Waals surface area contributed by atoms with Gasteiger partial charge in [-0.25, -0.2) is 0 Å². The highest BCUT2D eigenvalue weighted by molar-refractivity contribution is 5.21. The van der Waals surface area contributed by atoms with Crippen LogP contribution in [-0.2, 0) is 0 Å². The van der Waals surface area contributed by atoms with Crippen LogP contribution in [0.1, 0.15) is 25.7 Å². The maximum Gasteiger partial charge on any atom is 0.124 e. The number of aliphatic hydroxyl groups is 1. The number of hydrogen-bond donors (Lipinski definition) is 1. The van der Waals surface area contributed by atoms with Crippen molar-refractivity contribution in [2.75, 3.05) is 0 Å². The number of ether oxygens (including phenoxy) is 1. The van der Waals surface area contributed by atoms with Crippen LogP contribution in [-0.4, -0.2) is 17.3 Å². The first-order valence-electron chi connectivity index (χ1n) is 5.26. The van der Waals surface area contributed by atoms with E-state index in [4.69, 9.17) is 4.74 Å². The summed E-state index contributed by atoms with van der Waals surface area (Å²) in [5, 5.41) is 9.71. The second-order valence-electron chi connectivity index (χ2n) is 3.82. The van der Waals surface area contributed by atoms with E-state index in [1.54, 1.807) is 0 Å². The lowest BCUT2D eigenvalue weighted by molar-refractivity contribution is 0.00688. The van der Waals surface area contributed by atoms with Crippen LogP contribution in [0.2, 0.25) is 0 Å². The van der Waals surface area contributed by atoms with E-state index in [0.717, 1.165) is 31.4 Å². The van der Waals surface area contributed by atoms with Crippen molar-refractivity contribution in [3.05, 3.63) is 30.3 Å². The van der Waals surface area contributed by atoms with Crippen molar-refractivity contribution in [2.45, 2.75) is 37.9 Å². The van der Waals surface area contributed by atoms with Crippen molar-refractivity contribution >= 4 is 0 Å². The van der Waals surface area contributed by atoms with E-state index in [1.807, 2.05) is 30.3 Å². The smallest absolute Gasteiger partial charge is 0.124 e. The molecule has 0 bridgehead atoms. The minimum Gasteiger partial charge on any atom is -0.488 e. The molecule has 76 valence electrons. The molecule has 1 N–H and O–H groups in total. The summed E-state index contributed by atoms with van der Waals surface area (Å²) in [5.74, 6) is 0.860. The molecule has 0 aliphatic heterocycles. The van der Waals surface area contributed by atoms with Crippen LogP contribution in [0.15, 0.2) is 30.3 Å². The second-order valence-corrected chi connectivity index (χ2v) is 3.82. The van der Waals surface area contributed by atoms with Gasteiger partial charge < -0.3 is 9.84 Å². The number of aliphatic hydroxyl groups excluding tert-OH is 1. The molecule has 1 aromatic rings. The van der Waals surface area contributed by atoms with Gasteiger partial charge in [-0.1, -0.05) is 24.6 Å². The Hall–Kier alpha value is -1.02. The molecule has 1 aliphatic carbocycles. The average Bonchev–Trinajstić information content (AvgIpc) is 2.23. The fourth-order valence-electron chi connectivity index (χ4n) is 1.89. The summed E-state index contributed by atoms with van der Waals surface area (Å²) >= 11 is 0. The topological polar surface area (TPSA) is 29.5 Å². The summed E-state index contributed by atoms with van der Waals surface area (Å²) in [5.41, 5.74) is 0. The monoisotopic (exact) mass is 192 g/mol. The van der Waals surface area contributed by atoms with Gasteiger partial charge in [0.05, 0.1) is 6.10 Å². The molecule has 0 heterocycles. The molecule has 1 saturated carbocycles. The number of para-hydroxylation sites is 1. The Bertz CT molecular complexity index is 271. The molecule has 2 rings (SSSR count). The normalized spacial score (nSPS) is 27.2. The Morgan fingerprint density at radius 1 is 1.07 bits per heavy atom. The molecule has 2 nitrogen and oxygen atoms in total. The Balaban J connectivity index is 1.96. The van der Waals surface area contributed by atoms with Crippen LogP contribution in [0.3, 0.4) is 0 Å². The molecule has 0 unspecified atom stereocenters. The number of hydrogen-bond acceptors (Lipinski definition) is 2. The predicted molar refractivity (Wildman–Crippen MR) is 55.3 cm³/mol. The van der Waals surface area contributed by atoms with E-state index in [-0.39, 0.29) is 12.2 Å². The van der Waals surface area contributed by atoms with Gasteiger partial charge in [-0.15, -0.1) is 0 Å². The summed E-state index contributed by atoms with van der Waals surface area (Å²) < 4.78 is 5.72. The highest BCUT2D eigenvalue weighted by Crippen LogP contribution is 2.23. The minimum absolute atomic E-state index is 0.00819. The summed E-state index contributed by atoms with van der Waals surface area (Å²) in [4.78, 5) is 0. The molecule has 0 amide bonds. The van der Waals surface area contributed by atoms with Crippen LogP contribution >= 0.6 is 0 Å². The van der Waals surface area contributed by atoms with Gasteiger partial charge in [0.25, 0.3) is 0 Å². The van der Waals surface area contributed by atoms with Crippen LogP contribution in [0.5, 0.6) is 5.75 Å². The molecule has 0 spiro atoms. The van der Waals surface area contributed by atoms with Crippen molar-refractivity contribution in [1.82, 2.24) is 0 Å². The third-order valence-electron chi connectivity index (χ3n) is 2.70. The number of rotatable bonds is 2. The van der Waals surface area contributed by atoms with Crippen molar-refractivity contribution in [3.63, 3.8) is 0 Å². The fraction of sp³-hybridized carbons (Fsp3) is 0.500. The largest absolute Gasteiger partial charge is 0.488 e. The molecule has 2 atom stereocenters. The first-order valence-corrected chi connectivity index (χ1v) is 5.26. The van der Waals surface area contributed by atoms with Gasteiger partial charge in [0.15, 0.2) is 0 Å². The number of benzene rings is 1. The molecule has 2 heteroatoms. The van der Waals surface area contributed by atoms with Gasteiger partial charge in [-0.3, -0.25) is 0 Å². The van der Waals surface area contributed by atoms with Gasteiger partial charge in [-0.05, 0) is 31.4 Å². The summed E-state index contributed by atoms with van der Waals surface area (Å²) in [7, 11) is 0. The van der Waals surface area contributed by atoms with Crippen molar-refractivity contribution in [1.29, 1.82) is 0 Å². The van der Waals surface area contributed by atoms with Gasteiger partial charge in [0.1, 0.15) is 11.9 Å². The minimum atomic E-state index is -0.288. The Kier molecular flexibility index (Phi) is 3.04. The highest BCUT2D eigenvalue weighted by atomic mass is 16.5. The summed E-state index contributed by atoms with van der Waals surface area (Å²) in [6.07, 6.45) is 3.83. The molecule has 1 aliphatic rings. The molecule has 1 fully saturated rings. The average molecular weight is 192 g/mol. The van der Waals surface area contributed by atoms with Crippen LogP contribution in [0, 0.1) is 0 Å². The van der Waals surface area contributed by atoms with Gasteiger partial charge in [-0.2, -0.15) is 0 Å². The molecular weight excluding hydrogens is 176 g/mol. The zero-order valence-corrected chi connectivity index (χ0v) is 8.23. The summed E-state index contributed by atoms with van der Waals surface area (Å²) in [6, 6.07) is 9.72. The Labute approximate surface area is 84.5 Å². The Morgan fingerprint density at radius 3 is 2.50 bits per heavy atom. The molecule has 0 aromatic heterocycles. The zero-order chi connectivity index (χ0) is 9.80. The maximum atomic E-state index is 9.71. The summed E-state index contributed by atoms with van der Waals surface area (Å²) in [6.45, 7) is 0. The lowest BCUT2D eigenvalue weighted by atomic mass is 9.95. The van der Waals surface area contributed by atoms with Crippen molar-refractivity contribution in [3.8, 4) is 5.75 Å².